The van der Waals surface area contributed by atoms with Crippen molar-refractivity contribution in [3.63, 3.8) is 0 Å². The minimum absolute atomic E-state index is 0.146. The fraction of sp³-hybridized carbons (Fsp3) is 0.308. The molecule has 0 radical (unpaired) electrons. The van der Waals surface area contributed by atoms with E-state index in [0.29, 0.717) is 24.9 Å². The fourth-order valence-corrected chi connectivity index (χ4v) is 2.43. The Bertz CT molecular complexity index is 634. The lowest BCUT2D eigenvalue weighted by atomic mass is 10.3. The van der Waals surface area contributed by atoms with E-state index in [1.807, 2.05) is 29.2 Å². The molecule has 2 heterocycles. The number of nitrogens with two attached hydrogens (primary N) is 1. The van der Waals surface area contributed by atoms with Gasteiger partial charge in [-0.3, -0.25) is 0 Å². The van der Waals surface area contributed by atoms with Gasteiger partial charge in [-0.1, -0.05) is 12.1 Å². The maximum absolute atomic E-state index is 5.76. The van der Waals surface area contributed by atoms with E-state index in [1.165, 1.54) is 0 Å². The number of anilines is 2. The van der Waals surface area contributed by atoms with E-state index in [9.17, 15) is 0 Å². The van der Waals surface area contributed by atoms with Crippen molar-refractivity contribution in [2.24, 2.45) is 0 Å². The number of nitrogen functional groups attached to an aromatic ring is 1. The zero-order valence-corrected chi connectivity index (χ0v) is 13.4. The summed E-state index contributed by atoms with van der Waals surface area (Å²) < 4.78 is 12.0. The van der Waals surface area contributed by atoms with Crippen molar-refractivity contribution in [3.05, 3.63) is 27.8 Å². The number of halogens is 1. The van der Waals surface area contributed by atoms with Gasteiger partial charge in [0.2, 0.25) is 11.9 Å². The predicted octanol–water partition coefficient (Wildman–Crippen LogP) is 1.69. The average molecular weight is 399 g/mol. The molecule has 1 aliphatic heterocycles. The molecule has 0 spiro atoms. The highest BCUT2D eigenvalue weighted by Crippen LogP contribution is 2.25. The second kappa shape index (κ2) is 6.39. The largest absolute Gasteiger partial charge is 0.423 e. The van der Waals surface area contributed by atoms with Gasteiger partial charge in [-0.15, -0.1) is 0 Å². The highest BCUT2D eigenvalue weighted by Gasteiger charge is 2.17. The molecule has 1 aliphatic rings. The summed E-state index contributed by atoms with van der Waals surface area (Å²) in [5.74, 6) is 1.36. The minimum atomic E-state index is 0.146. The maximum Gasteiger partial charge on any atom is 0.328 e. The van der Waals surface area contributed by atoms with Crippen LogP contribution < -0.4 is 15.4 Å². The van der Waals surface area contributed by atoms with Crippen molar-refractivity contribution in [1.29, 1.82) is 0 Å². The van der Waals surface area contributed by atoms with Crippen molar-refractivity contribution in [3.8, 4) is 11.8 Å². The summed E-state index contributed by atoms with van der Waals surface area (Å²) in [7, 11) is 0. The van der Waals surface area contributed by atoms with Crippen LogP contribution in [-0.2, 0) is 4.74 Å². The van der Waals surface area contributed by atoms with Gasteiger partial charge in [-0.2, -0.15) is 15.0 Å². The summed E-state index contributed by atoms with van der Waals surface area (Å²) >= 11 is 2.19. The Morgan fingerprint density at radius 1 is 1.14 bits per heavy atom. The first kappa shape index (κ1) is 14.3. The number of aromatic nitrogens is 3. The van der Waals surface area contributed by atoms with Crippen LogP contribution in [0.5, 0.6) is 11.8 Å². The Morgan fingerprint density at radius 2 is 1.90 bits per heavy atom. The van der Waals surface area contributed by atoms with Crippen LogP contribution >= 0.6 is 22.6 Å². The molecule has 0 aliphatic carbocycles. The Kier molecular flexibility index (Phi) is 4.34. The SMILES string of the molecule is Nc1nc(Oc2ccccc2I)nc(N2CCOCC2)n1. The Labute approximate surface area is 135 Å². The van der Waals surface area contributed by atoms with Crippen LogP contribution in [0.3, 0.4) is 0 Å². The van der Waals surface area contributed by atoms with Crippen molar-refractivity contribution in [2.45, 2.75) is 0 Å². The van der Waals surface area contributed by atoms with Crippen molar-refractivity contribution < 1.29 is 9.47 Å². The van der Waals surface area contributed by atoms with Gasteiger partial charge < -0.3 is 20.1 Å². The fourth-order valence-electron chi connectivity index (χ4n) is 1.94. The lowest BCUT2D eigenvalue weighted by Gasteiger charge is -2.26. The predicted molar refractivity (Wildman–Crippen MR) is 86.5 cm³/mol. The van der Waals surface area contributed by atoms with Gasteiger partial charge in [-0.05, 0) is 34.7 Å². The number of rotatable bonds is 3. The first-order valence-electron chi connectivity index (χ1n) is 6.49. The summed E-state index contributed by atoms with van der Waals surface area (Å²) in [6.45, 7) is 2.76. The molecule has 3 rings (SSSR count). The van der Waals surface area contributed by atoms with Gasteiger partial charge in [0, 0.05) is 13.1 Å². The third kappa shape index (κ3) is 3.50. The molecule has 2 aromatic rings. The lowest BCUT2D eigenvalue weighted by molar-refractivity contribution is 0.122. The van der Waals surface area contributed by atoms with Gasteiger partial charge >= 0.3 is 6.01 Å². The molecule has 1 fully saturated rings. The standard InChI is InChI=1S/C13H14IN5O2/c14-9-3-1-2-4-10(9)21-13-17-11(15)16-12(18-13)19-5-7-20-8-6-19/h1-4H,5-8H2,(H2,15,16,17,18). The molecule has 0 unspecified atom stereocenters. The summed E-state index contributed by atoms with van der Waals surface area (Å²) in [5, 5.41) is 0. The molecule has 0 saturated carbocycles. The second-order valence-electron chi connectivity index (χ2n) is 4.41. The van der Waals surface area contributed by atoms with Gasteiger partial charge in [0.05, 0.1) is 16.8 Å². The summed E-state index contributed by atoms with van der Waals surface area (Å²) in [4.78, 5) is 14.5. The molecule has 1 saturated heterocycles. The number of hydrogen-bond acceptors (Lipinski definition) is 7. The van der Waals surface area contributed by atoms with E-state index < -0.39 is 0 Å². The van der Waals surface area contributed by atoms with E-state index in [0.717, 1.165) is 16.7 Å². The highest BCUT2D eigenvalue weighted by molar-refractivity contribution is 14.1. The quantitative estimate of drug-likeness (QED) is 0.787. The van der Waals surface area contributed by atoms with E-state index in [1.54, 1.807) is 0 Å². The monoisotopic (exact) mass is 399 g/mol. The van der Waals surface area contributed by atoms with Gasteiger partial charge in [0.25, 0.3) is 0 Å². The Morgan fingerprint density at radius 3 is 2.67 bits per heavy atom. The lowest BCUT2D eigenvalue weighted by Crippen LogP contribution is -2.37. The number of hydrogen-bond donors (Lipinski definition) is 1. The van der Waals surface area contributed by atoms with Gasteiger partial charge in [0.1, 0.15) is 5.75 Å². The summed E-state index contributed by atoms with van der Waals surface area (Å²) in [5.41, 5.74) is 5.76. The number of nitrogens with zero attached hydrogens (tertiary/aromatic N) is 4. The Hall–Kier alpha value is -1.68. The van der Waals surface area contributed by atoms with Gasteiger partial charge in [-0.25, -0.2) is 0 Å². The molecular formula is C13H14IN5O2. The minimum Gasteiger partial charge on any atom is -0.423 e. The zero-order valence-electron chi connectivity index (χ0n) is 11.2. The first-order chi connectivity index (χ1) is 10.2. The van der Waals surface area contributed by atoms with Crippen molar-refractivity contribution in [1.82, 2.24) is 15.0 Å². The molecule has 0 bridgehead atoms. The van der Waals surface area contributed by atoms with Gasteiger partial charge in [0.15, 0.2) is 0 Å². The number of benzene rings is 1. The van der Waals surface area contributed by atoms with Crippen molar-refractivity contribution in [2.75, 3.05) is 36.9 Å². The zero-order chi connectivity index (χ0) is 14.7. The van der Waals surface area contributed by atoms with Crippen LogP contribution in [0.25, 0.3) is 0 Å². The summed E-state index contributed by atoms with van der Waals surface area (Å²) in [6, 6.07) is 7.84. The molecular weight excluding hydrogens is 385 g/mol. The van der Waals surface area contributed by atoms with Crippen LogP contribution in [0.4, 0.5) is 11.9 Å². The topological polar surface area (TPSA) is 86.4 Å². The third-order valence-electron chi connectivity index (χ3n) is 2.95. The van der Waals surface area contributed by atoms with E-state index >= 15 is 0 Å². The first-order valence-corrected chi connectivity index (χ1v) is 7.57. The van der Waals surface area contributed by atoms with E-state index in [2.05, 4.69) is 37.5 Å². The molecule has 110 valence electrons. The number of morpholine rings is 1. The molecule has 0 atom stereocenters. The molecule has 8 heteroatoms. The second-order valence-corrected chi connectivity index (χ2v) is 5.57. The smallest absolute Gasteiger partial charge is 0.328 e. The molecule has 1 aromatic heterocycles. The Balaban J connectivity index is 1.85. The molecule has 7 nitrogen and oxygen atoms in total. The molecule has 0 amide bonds. The average Bonchev–Trinajstić information content (AvgIpc) is 2.50. The van der Waals surface area contributed by atoms with Crippen LogP contribution in [0.1, 0.15) is 0 Å². The summed E-state index contributed by atoms with van der Waals surface area (Å²) in [6.07, 6.45) is 0. The molecule has 2 N–H and O–H groups in total. The number of para-hydroxylation sites is 1. The van der Waals surface area contributed by atoms with E-state index in [-0.39, 0.29) is 12.0 Å². The van der Waals surface area contributed by atoms with Crippen LogP contribution in [0.2, 0.25) is 0 Å². The van der Waals surface area contributed by atoms with Crippen LogP contribution in [-0.4, -0.2) is 41.3 Å². The van der Waals surface area contributed by atoms with Crippen LogP contribution in [0.15, 0.2) is 24.3 Å². The maximum atomic E-state index is 5.76. The van der Waals surface area contributed by atoms with Crippen LogP contribution in [0, 0.1) is 3.57 Å². The normalized spacial score (nSPS) is 15.0. The molecule has 21 heavy (non-hydrogen) atoms. The molecule has 1 aromatic carbocycles. The highest BCUT2D eigenvalue weighted by atomic mass is 127. The van der Waals surface area contributed by atoms with Crippen molar-refractivity contribution >= 4 is 34.5 Å². The number of ether oxygens (including phenoxy) is 2. The van der Waals surface area contributed by atoms with E-state index in [4.69, 9.17) is 15.2 Å². The third-order valence-corrected chi connectivity index (χ3v) is 3.84.